The number of hydrogen-bond acceptors (Lipinski definition) is 8. The number of rotatable bonds is 6. The third-order valence-corrected chi connectivity index (χ3v) is 6.02. The van der Waals surface area contributed by atoms with Crippen molar-refractivity contribution in [1.82, 2.24) is 24.8 Å². The van der Waals surface area contributed by atoms with Gasteiger partial charge in [0.25, 0.3) is 5.91 Å². The number of carbonyl (C=O) groups excluding carboxylic acids is 1. The Morgan fingerprint density at radius 3 is 2.50 bits per heavy atom. The molecule has 0 unspecified atom stereocenters. The summed E-state index contributed by atoms with van der Waals surface area (Å²) in [5.74, 6) is -0.100. The molecule has 9 nitrogen and oxygen atoms in total. The van der Waals surface area contributed by atoms with E-state index in [1.54, 1.807) is 17.3 Å². The van der Waals surface area contributed by atoms with Gasteiger partial charge >= 0.3 is 6.01 Å². The van der Waals surface area contributed by atoms with Crippen molar-refractivity contribution in [1.29, 1.82) is 0 Å². The maximum absolute atomic E-state index is 12.9. The van der Waals surface area contributed by atoms with Gasteiger partial charge in [-0.3, -0.25) is 9.78 Å². The van der Waals surface area contributed by atoms with Crippen molar-refractivity contribution in [2.24, 2.45) is 11.8 Å². The van der Waals surface area contributed by atoms with Crippen LogP contribution in [-0.4, -0.2) is 62.2 Å². The number of aromatic nitrogens is 4. The minimum Gasteiger partial charge on any atom is -0.478 e. The van der Waals surface area contributed by atoms with Gasteiger partial charge in [0.2, 0.25) is 5.88 Å². The van der Waals surface area contributed by atoms with E-state index in [9.17, 15) is 9.90 Å². The van der Waals surface area contributed by atoms with Crippen molar-refractivity contribution in [3.8, 4) is 11.9 Å². The Balaban J connectivity index is 1.66. The van der Waals surface area contributed by atoms with Crippen LogP contribution in [0.25, 0.3) is 0 Å². The molecule has 2 fully saturated rings. The van der Waals surface area contributed by atoms with Crippen LogP contribution >= 0.6 is 0 Å². The molecule has 1 aliphatic carbocycles. The van der Waals surface area contributed by atoms with Crippen molar-refractivity contribution < 1.29 is 19.4 Å². The first kappa shape index (κ1) is 20.5. The van der Waals surface area contributed by atoms with E-state index in [0.717, 1.165) is 19.3 Å². The number of piperidine rings is 1. The number of aliphatic hydroxyl groups is 1. The highest BCUT2D eigenvalue weighted by atomic mass is 16.5. The molecule has 4 rings (SSSR count). The predicted octanol–water partition coefficient (Wildman–Crippen LogP) is 1.82. The summed E-state index contributed by atoms with van der Waals surface area (Å²) in [7, 11) is 0. The van der Waals surface area contributed by atoms with E-state index in [-0.39, 0.29) is 23.8 Å². The third-order valence-electron chi connectivity index (χ3n) is 6.02. The number of nitrogens with zero attached hydrogens (tertiary/aromatic N) is 5. The average molecular weight is 413 g/mol. The van der Waals surface area contributed by atoms with Crippen LogP contribution in [0.3, 0.4) is 0 Å². The number of fused-ring (bicyclic) bond motifs is 2. The van der Waals surface area contributed by atoms with Crippen LogP contribution in [0.1, 0.15) is 49.2 Å². The summed E-state index contributed by atoms with van der Waals surface area (Å²) in [6.07, 6.45) is 8.77. The van der Waals surface area contributed by atoms with Gasteiger partial charge in [0, 0.05) is 43.5 Å². The lowest BCUT2D eigenvalue weighted by molar-refractivity contribution is -0.141. The summed E-state index contributed by atoms with van der Waals surface area (Å²) in [6, 6.07) is 0.230. The molecule has 30 heavy (non-hydrogen) atoms. The molecule has 160 valence electrons. The molecule has 0 aromatic carbocycles. The van der Waals surface area contributed by atoms with Crippen molar-refractivity contribution in [3.05, 3.63) is 36.0 Å². The monoisotopic (exact) mass is 413 g/mol. The molecule has 1 amide bonds. The van der Waals surface area contributed by atoms with Crippen LogP contribution in [-0.2, 0) is 5.60 Å². The van der Waals surface area contributed by atoms with E-state index in [1.165, 1.54) is 12.4 Å². The van der Waals surface area contributed by atoms with Crippen molar-refractivity contribution in [3.63, 3.8) is 0 Å². The molecule has 1 N–H and O–H groups in total. The first-order valence-electron chi connectivity index (χ1n) is 10.5. The van der Waals surface area contributed by atoms with E-state index in [2.05, 4.69) is 19.9 Å². The van der Waals surface area contributed by atoms with E-state index < -0.39 is 5.60 Å². The van der Waals surface area contributed by atoms with Crippen LogP contribution < -0.4 is 9.47 Å². The molecule has 1 saturated carbocycles. The summed E-state index contributed by atoms with van der Waals surface area (Å²) >= 11 is 0. The second-order valence-electron chi connectivity index (χ2n) is 7.69. The first-order valence-corrected chi connectivity index (χ1v) is 10.5. The SMILES string of the molecule is CCOc1ncc(C2(O)[C@H]3CCC[C@H]2CN(C(=O)c2cnccn2)C3)c(OCC)n1. The average Bonchev–Trinajstić information content (AvgIpc) is 2.74. The van der Waals surface area contributed by atoms with Gasteiger partial charge in [-0.25, -0.2) is 9.97 Å². The van der Waals surface area contributed by atoms with Gasteiger partial charge in [0.05, 0.1) is 25.0 Å². The maximum Gasteiger partial charge on any atom is 0.319 e. The number of carbonyl (C=O) groups is 1. The van der Waals surface area contributed by atoms with Gasteiger partial charge in [0.15, 0.2) is 0 Å². The minimum absolute atomic E-state index is 0.147. The fraction of sp³-hybridized carbons (Fsp3) is 0.571. The van der Waals surface area contributed by atoms with Crippen molar-refractivity contribution >= 4 is 5.91 Å². The number of hydrogen-bond donors (Lipinski definition) is 1. The zero-order valence-electron chi connectivity index (χ0n) is 17.3. The van der Waals surface area contributed by atoms with Gasteiger partial charge in [-0.05, 0) is 26.7 Å². The second kappa shape index (κ2) is 8.51. The van der Waals surface area contributed by atoms with Crippen LogP contribution in [0.5, 0.6) is 11.9 Å². The topological polar surface area (TPSA) is 111 Å². The van der Waals surface area contributed by atoms with Crippen LogP contribution in [0, 0.1) is 11.8 Å². The van der Waals surface area contributed by atoms with E-state index in [4.69, 9.17) is 9.47 Å². The molecular formula is C21H27N5O4. The Kier molecular flexibility index (Phi) is 5.80. The van der Waals surface area contributed by atoms with Gasteiger partial charge in [-0.2, -0.15) is 4.98 Å². The molecule has 0 spiro atoms. The van der Waals surface area contributed by atoms with Crippen LogP contribution in [0.15, 0.2) is 24.8 Å². The smallest absolute Gasteiger partial charge is 0.319 e. The number of ether oxygens (including phenoxy) is 2. The summed E-state index contributed by atoms with van der Waals surface area (Å²) < 4.78 is 11.2. The molecule has 1 aliphatic heterocycles. The maximum atomic E-state index is 12.9. The van der Waals surface area contributed by atoms with Crippen LogP contribution in [0.2, 0.25) is 0 Å². The van der Waals surface area contributed by atoms with Crippen molar-refractivity contribution in [2.45, 2.75) is 38.7 Å². The largest absolute Gasteiger partial charge is 0.478 e. The fourth-order valence-electron chi connectivity index (χ4n) is 4.70. The Morgan fingerprint density at radius 2 is 1.87 bits per heavy atom. The third kappa shape index (κ3) is 3.58. The highest BCUT2D eigenvalue weighted by molar-refractivity contribution is 5.92. The Hall–Kier alpha value is -2.81. The van der Waals surface area contributed by atoms with Gasteiger partial charge in [-0.15, -0.1) is 0 Å². The number of likely N-dealkylation sites (tertiary alicyclic amines) is 1. The molecule has 1 saturated heterocycles. The molecule has 2 aromatic rings. The highest BCUT2D eigenvalue weighted by Gasteiger charge is 2.54. The molecule has 2 bridgehead atoms. The summed E-state index contributed by atoms with van der Waals surface area (Å²) in [5, 5.41) is 12.0. The molecule has 2 aliphatic rings. The standard InChI is InChI=1S/C21H27N5O4/c1-3-29-18-16(10-24-20(25-18)30-4-2)21(28)14-6-5-7-15(21)13-26(12-14)19(27)17-11-22-8-9-23-17/h8-11,14-15,28H,3-7,12-13H2,1-2H3/t14-,15-/m0/s1. The zero-order chi connectivity index (χ0) is 21.1. The quantitative estimate of drug-likeness (QED) is 0.764. The Morgan fingerprint density at radius 1 is 1.13 bits per heavy atom. The molecule has 2 aromatic heterocycles. The fourth-order valence-corrected chi connectivity index (χ4v) is 4.70. The summed E-state index contributed by atoms with van der Waals surface area (Å²) in [4.78, 5) is 31.5. The second-order valence-corrected chi connectivity index (χ2v) is 7.69. The lowest BCUT2D eigenvalue weighted by atomic mass is 9.63. The predicted molar refractivity (Wildman–Crippen MR) is 107 cm³/mol. The summed E-state index contributed by atoms with van der Waals surface area (Å²) in [5.41, 5.74) is -0.262. The summed E-state index contributed by atoms with van der Waals surface area (Å²) in [6.45, 7) is 5.46. The van der Waals surface area contributed by atoms with Gasteiger partial charge in [0.1, 0.15) is 11.3 Å². The van der Waals surface area contributed by atoms with E-state index in [0.29, 0.717) is 43.4 Å². The normalized spacial score (nSPS) is 25.6. The van der Waals surface area contributed by atoms with Gasteiger partial charge < -0.3 is 19.5 Å². The zero-order valence-corrected chi connectivity index (χ0v) is 17.3. The van der Waals surface area contributed by atoms with Crippen LogP contribution in [0.4, 0.5) is 0 Å². The molecule has 9 heteroatoms. The van der Waals surface area contributed by atoms with Gasteiger partial charge in [-0.1, -0.05) is 6.42 Å². The molecular weight excluding hydrogens is 386 g/mol. The van der Waals surface area contributed by atoms with E-state index >= 15 is 0 Å². The molecule has 0 radical (unpaired) electrons. The minimum atomic E-state index is -1.16. The number of amides is 1. The Labute approximate surface area is 175 Å². The van der Waals surface area contributed by atoms with E-state index in [1.807, 2.05) is 13.8 Å². The lowest BCUT2D eigenvalue weighted by Crippen LogP contribution is -2.59. The molecule has 3 heterocycles. The first-order chi connectivity index (χ1) is 14.6. The van der Waals surface area contributed by atoms with Crippen molar-refractivity contribution in [2.75, 3.05) is 26.3 Å². The highest BCUT2D eigenvalue weighted by Crippen LogP contribution is 2.51. The Bertz CT molecular complexity index is 880. The lowest BCUT2D eigenvalue weighted by Gasteiger charge is -2.53. The molecule has 2 atom stereocenters.